The Kier molecular flexibility index (Phi) is 9.38. The van der Waals surface area contributed by atoms with Crippen molar-refractivity contribution in [2.24, 2.45) is 10.2 Å². The maximum atomic E-state index is 4.88. The molecule has 3 heterocycles. The number of hydrogen-bond acceptors (Lipinski definition) is 6. The second-order valence-electron chi connectivity index (χ2n) is 10.6. The minimum Gasteiger partial charge on any atom is -0.311 e. The Labute approximate surface area is 300 Å². The number of anilines is 3. The molecule has 7 aromatic rings. The van der Waals surface area contributed by atoms with Gasteiger partial charge in [-0.2, -0.15) is 10.2 Å². The average molecular weight is 832 g/mol. The maximum absolute atomic E-state index is 4.88. The molecule has 0 fully saturated rings. The molecular weight excluding hydrogens is 806 g/mol. The lowest BCUT2D eigenvalue weighted by atomic mass is 10.0. The molecule has 7 rings (SSSR count). The molecule has 0 saturated heterocycles. The Balaban J connectivity index is 1.13. The molecule has 0 radical (unpaired) electrons. The highest BCUT2D eigenvalue weighted by Crippen LogP contribution is 2.36. The fraction of sp³-hybridized carbons (Fsp3) is 0. The van der Waals surface area contributed by atoms with Crippen LogP contribution in [-0.2, 0) is 0 Å². The molecule has 0 aliphatic heterocycles. The Hall–Kier alpha value is -4.81. The van der Waals surface area contributed by atoms with Gasteiger partial charge in [-0.3, -0.25) is 9.97 Å². The molecule has 0 unspecified atom stereocenters. The van der Waals surface area contributed by atoms with E-state index in [-0.39, 0.29) is 0 Å². The van der Waals surface area contributed by atoms with Crippen LogP contribution in [0.15, 0.2) is 168 Å². The van der Waals surface area contributed by atoms with Gasteiger partial charge < -0.3 is 4.90 Å². The molecule has 0 saturated carbocycles. The summed E-state index contributed by atoms with van der Waals surface area (Å²) in [4.78, 5) is 16.2. The maximum Gasteiger partial charge on any atom is 0.0900 e. The monoisotopic (exact) mass is 832 g/mol. The summed E-state index contributed by atoms with van der Waals surface area (Å²) in [7, 11) is 0. The molecule has 0 bridgehead atoms. The molecule has 0 amide bonds. The van der Waals surface area contributed by atoms with Crippen LogP contribution in [0.2, 0.25) is 0 Å². The number of rotatable bonds is 8. The van der Waals surface area contributed by atoms with E-state index in [9.17, 15) is 0 Å². The van der Waals surface area contributed by atoms with E-state index in [1.54, 1.807) is 12.4 Å². The van der Waals surface area contributed by atoms with Crippen molar-refractivity contribution in [1.82, 2.24) is 15.0 Å². The van der Waals surface area contributed by atoms with Crippen molar-refractivity contribution in [3.05, 3.63) is 165 Å². The molecular formula is C39H26I2N6. The third-order valence-electron chi connectivity index (χ3n) is 7.44. The first kappa shape index (κ1) is 30.8. The van der Waals surface area contributed by atoms with Crippen LogP contribution in [0.3, 0.4) is 0 Å². The van der Waals surface area contributed by atoms with Gasteiger partial charge in [-0.1, -0.05) is 24.3 Å². The molecule has 8 heteroatoms. The smallest absolute Gasteiger partial charge is 0.0900 e. The first-order chi connectivity index (χ1) is 23.1. The molecule has 0 N–H and O–H groups in total. The Morgan fingerprint density at radius 2 is 0.851 bits per heavy atom. The Morgan fingerprint density at radius 3 is 1.28 bits per heavy atom. The quantitative estimate of drug-likeness (QED) is 0.113. The number of nitrogens with zero attached hydrogens (tertiary/aromatic N) is 6. The second-order valence-corrected chi connectivity index (χ2v) is 13.1. The van der Waals surface area contributed by atoms with Crippen LogP contribution >= 0.6 is 45.2 Å². The lowest BCUT2D eigenvalue weighted by Gasteiger charge is -2.25. The third-order valence-corrected chi connectivity index (χ3v) is 8.88. The normalized spacial score (nSPS) is 11.1. The highest BCUT2D eigenvalue weighted by atomic mass is 127. The predicted molar refractivity (Wildman–Crippen MR) is 207 cm³/mol. The van der Waals surface area contributed by atoms with E-state index in [2.05, 4.69) is 155 Å². The summed E-state index contributed by atoms with van der Waals surface area (Å²) in [5.41, 5.74) is 10.0. The fourth-order valence-electron chi connectivity index (χ4n) is 5.12. The van der Waals surface area contributed by atoms with Gasteiger partial charge in [0.2, 0.25) is 0 Å². The average Bonchev–Trinajstić information content (AvgIpc) is 3.14. The van der Waals surface area contributed by atoms with Gasteiger partial charge in [-0.15, -0.1) is 0 Å². The van der Waals surface area contributed by atoms with Crippen LogP contribution in [0.25, 0.3) is 33.9 Å². The van der Waals surface area contributed by atoms with E-state index in [1.165, 1.54) is 7.14 Å². The van der Waals surface area contributed by atoms with Crippen LogP contribution < -0.4 is 4.90 Å². The van der Waals surface area contributed by atoms with Crippen molar-refractivity contribution in [1.29, 1.82) is 0 Å². The standard InChI is InChI=1S/C39H26I2N6/c40-29-9-17-33(18-10-29)47(34-19-11-30(41)12-20-34)35-21-15-32(16-22-35)46-45-31-13-7-27(8-14-31)28-25-38(36-5-1-3-23-42-36)44-39(26-28)37-6-2-4-24-43-37/h1-26H. The molecule has 47 heavy (non-hydrogen) atoms. The summed E-state index contributed by atoms with van der Waals surface area (Å²) < 4.78 is 2.39. The van der Waals surface area contributed by atoms with E-state index in [1.807, 2.05) is 60.7 Å². The molecule has 0 aliphatic carbocycles. The minimum absolute atomic E-state index is 0.765. The summed E-state index contributed by atoms with van der Waals surface area (Å²) >= 11 is 4.67. The van der Waals surface area contributed by atoms with Crippen LogP contribution in [-0.4, -0.2) is 15.0 Å². The number of azo groups is 1. The van der Waals surface area contributed by atoms with Crippen LogP contribution in [0.1, 0.15) is 0 Å². The van der Waals surface area contributed by atoms with E-state index in [4.69, 9.17) is 4.98 Å². The lowest BCUT2D eigenvalue weighted by Crippen LogP contribution is -2.09. The Bertz CT molecular complexity index is 2020. The number of halogens is 2. The van der Waals surface area contributed by atoms with Gasteiger partial charge in [0, 0.05) is 36.6 Å². The molecule has 3 aromatic heterocycles. The lowest BCUT2D eigenvalue weighted by molar-refractivity contribution is 1.22. The van der Waals surface area contributed by atoms with Gasteiger partial charge >= 0.3 is 0 Å². The molecule has 0 aliphatic rings. The molecule has 226 valence electrons. The number of pyridine rings is 3. The largest absolute Gasteiger partial charge is 0.311 e. The van der Waals surface area contributed by atoms with Gasteiger partial charge in [0.1, 0.15) is 0 Å². The van der Waals surface area contributed by atoms with Crippen LogP contribution in [0.5, 0.6) is 0 Å². The molecule has 0 atom stereocenters. The Morgan fingerprint density at radius 1 is 0.426 bits per heavy atom. The van der Waals surface area contributed by atoms with Gasteiger partial charge in [0.15, 0.2) is 0 Å². The van der Waals surface area contributed by atoms with Crippen molar-refractivity contribution in [2.45, 2.75) is 0 Å². The fourth-order valence-corrected chi connectivity index (χ4v) is 5.84. The first-order valence-corrected chi connectivity index (χ1v) is 17.0. The number of hydrogen-bond donors (Lipinski definition) is 0. The SMILES string of the molecule is Ic1ccc(N(c2ccc(I)cc2)c2ccc(N=Nc3ccc(-c4cc(-c5ccccn5)nc(-c5ccccn5)c4)cc3)cc2)cc1. The number of aromatic nitrogens is 3. The first-order valence-electron chi connectivity index (χ1n) is 14.9. The summed E-state index contributed by atoms with van der Waals surface area (Å²) in [6, 6.07) is 49.0. The van der Waals surface area contributed by atoms with Gasteiger partial charge in [0.25, 0.3) is 0 Å². The van der Waals surface area contributed by atoms with E-state index >= 15 is 0 Å². The zero-order valence-electron chi connectivity index (χ0n) is 25.0. The van der Waals surface area contributed by atoms with E-state index in [0.717, 1.165) is 62.3 Å². The topological polar surface area (TPSA) is 66.6 Å². The second kappa shape index (κ2) is 14.3. The summed E-state index contributed by atoms with van der Waals surface area (Å²) in [6.45, 7) is 0. The molecule has 0 spiro atoms. The van der Waals surface area contributed by atoms with Crippen molar-refractivity contribution in [3.8, 4) is 33.9 Å². The van der Waals surface area contributed by atoms with Crippen molar-refractivity contribution in [3.63, 3.8) is 0 Å². The summed E-state index contributed by atoms with van der Waals surface area (Å²) in [5, 5.41) is 9.06. The number of benzene rings is 4. The van der Waals surface area contributed by atoms with Crippen LogP contribution in [0.4, 0.5) is 28.4 Å². The van der Waals surface area contributed by atoms with E-state index in [0.29, 0.717) is 0 Å². The molecule has 4 aromatic carbocycles. The van der Waals surface area contributed by atoms with Crippen molar-refractivity contribution in [2.75, 3.05) is 4.90 Å². The predicted octanol–water partition coefficient (Wildman–Crippen LogP) is 12.0. The van der Waals surface area contributed by atoms with Gasteiger partial charge in [0.05, 0.1) is 34.2 Å². The zero-order valence-corrected chi connectivity index (χ0v) is 29.3. The molecule has 6 nitrogen and oxygen atoms in total. The van der Waals surface area contributed by atoms with Crippen molar-refractivity contribution < 1.29 is 0 Å². The highest BCUT2D eigenvalue weighted by molar-refractivity contribution is 14.1. The zero-order chi connectivity index (χ0) is 32.0. The van der Waals surface area contributed by atoms with Crippen molar-refractivity contribution >= 4 is 73.6 Å². The third kappa shape index (κ3) is 7.44. The van der Waals surface area contributed by atoms with E-state index < -0.39 is 0 Å². The minimum atomic E-state index is 0.765. The highest BCUT2D eigenvalue weighted by Gasteiger charge is 2.13. The van der Waals surface area contributed by atoms with Gasteiger partial charge in [-0.05, 0) is 178 Å². The summed E-state index contributed by atoms with van der Waals surface area (Å²) in [5.74, 6) is 0. The van der Waals surface area contributed by atoms with Gasteiger partial charge in [-0.25, -0.2) is 4.98 Å². The summed E-state index contributed by atoms with van der Waals surface area (Å²) in [6.07, 6.45) is 3.56. The van der Waals surface area contributed by atoms with Crippen LogP contribution in [0, 0.1) is 7.14 Å².